The van der Waals surface area contributed by atoms with Gasteiger partial charge in [-0.1, -0.05) is 0 Å². The first-order valence-electron chi connectivity index (χ1n) is 5.32. The third-order valence-electron chi connectivity index (χ3n) is 2.55. The molecule has 2 rings (SSSR count). The van der Waals surface area contributed by atoms with Gasteiger partial charge < -0.3 is 20.6 Å². The Hall–Kier alpha value is -1.46. The van der Waals surface area contributed by atoms with E-state index < -0.39 is 0 Å². The van der Waals surface area contributed by atoms with Gasteiger partial charge in [-0.25, -0.2) is 5.01 Å². The Morgan fingerprint density at radius 2 is 2.12 bits per heavy atom. The summed E-state index contributed by atoms with van der Waals surface area (Å²) in [6.45, 7) is 3.24. The molecule has 88 valence electrons. The van der Waals surface area contributed by atoms with Crippen LogP contribution < -0.4 is 15.9 Å². The molecule has 1 aliphatic heterocycles. The molecule has 5 heteroatoms. The lowest BCUT2D eigenvalue weighted by Gasteiger charge is -2.28. The molecule has 16 heavy (non-hydrogen) atoms. The molecule has 0 spiro atoms. The van der Waals surface area contributed by atoms with Gasteiger partial charge in [-0.2, -0.15) is 0 Å². The quantitative estimate of drug-likeness (QED) is 0.747. The smallest absolute Gasteiger partial charge is 0.121 e. The van der Waals surface area contributed by atoms with Crippen LogP contribution in [-0.2, 0) is 4.74 Å². The zero-order valence-electron chi connectivity index (χ0n) is 9.40. The van der Waals surface area contributed by atoms with Crippen LogP contribution in [0.1, 0.15) is 0 Å². The van der Waals surface area contributed by atoms with Crippen LogP contribution in [0.3, 0.4) is 0 Å². The summed E-state index contributed by atoms with van der Waals surface area (Å²) in [4.78, 5) is 0. The van der Waals surface area contributed by atoms with Gasteiger partial charge in [-0.15, -0.1) is 0 Å². The minimum Gasteiger partial charge on any atom is -0.497 e. The van der Waals surface area contributed by atoms with Crippen molar-refractivity contribution in [1.29, 1.82) is 0 Å². The number of methoxy groups -OCH3 is 1. The average Bonchev–Trinajstić information content (AvgIpc) is 2.33. The van der Waals surface area contributed by atoms with Crippen LogP contribution in [0.2, 0.25) is 0 Å². The Morgan fingerprint density at radius 1 is 1.38 bits per heavy atom. The van der Waals surface area contributed by atoms with E-state index in [0.29, 0.717) is 5.69 Å². The van der Waals surface area contributed by atoms with E-state index in [1.54, 1.807) is 7.11 Å². The molecule has 0 radical (unpaired) electrons. The molecule has 0 unspecified atom stereocenters. The van der Waals surface area contributed by atoms with Gasteiger partial charge in [0.15, 0.2) is 0 Å². The van der Waals surface area contributed by atoms with Gasteiger partial charge in [0, 0.05) is 19.2 Å². The van der Waals surface area contributed by atoms with E-state index in [2.05, 4.69) is 10.4 Å². The molecular formula is C11H17N3O2. The van der Waals surface area contributed by atoms with Crippen LogP contribution >= 0.6 is 0 Å². The van der Waals surface area contributed by atoms with Crippen molar-refractivity contribution in [3.63, 3.8) is 0 Å². The second-order valence-corrected chi connectivity index (χ2v) is 3.66. The Morgan fingerprint density at radius 3 is 2.75 bits per heavy atom. The number of anilines is 2. The van der Waals surface area contributed by atoms with Crippen LogP contribution in [0, 0.1) is 0 Å². The van der Waals surface area contributed by atoms with E-state index in [9.17, 15) is 0 Å². The zero-order chi connectivity index (χ0) is 11.4. The van der Waals surface area contributed by atoms with Gasteiger partial charge in [0.2, 0.25) is 0 Å². The van der Waals surface area contributed by atoms with E-state index in [-0.39, 0.29) is 0 Å². The summed E-state index contributed by atoms with van der Waals surface area (Å²) in [5.41, 5.74) is 10.8. The number of rotatable bonds is 3. The average molecular weight is 223 g/mol. The first kappa shape index (κ1) is 11.0. The van der Waals surface area contributed by atoms with Crippen molar-refractivity contribution in [2.75, 3.05) is 44.6 Å². The lowest BCUT2D eigenvalue weighted by Crippen LogP contribution is -2.40. The number of nitrogens with two attached hydrogens (primary N) is 1. The van der Waals surface area contributed by atoms with E-state index in [1.807, 2.05) is 18.2 Å². The highest BCUT2D eigenvalue weighted by Crippen LogP contribution is 2.24. The summed E-state index contributed by atoms with van der Waals surface area (Å²) < 4.78 is 10.4. The molecule has 0 bridgehead atoms. The molecule has 5 nitrogen and oxygen atoms in total. The highest BCUT2D eigenvalue weighted by atomic mass is 16.5. The number of nitrogens with zero attached hydrogens (tertiary/aromatic N) is 1. The standard InChI is InChI=1S/C11H17N3O2/c1-15-9-2-3-11(10(12)8-9)13-14-4-6-16-7-5-14/h2-3,8,13H,4-7,12H2,1H3. The van der Waals surface area contributed by atoms with Crippen molar-refractivity contribution in [1.82, 2.24) is 5.01 Å². The molecule has 1 aromatic carbocycles. The van der Waals surface area contributed by atoms with Gasteiger partial charge in [0.25, 0.3) is 0 Å². The predicted molar refractivity (Wildman–Crippen MR) is 63.4 cm³/mol. The summed E-state index contributed by atoms with van der Waals surface area (Å²) in [5, 5.41) is 2.10. The molecule has 1 saturated heterocycles. The predicted octanol–water partition coefficient (Wildman–Crippen LogP) is 0.936. The fraction of sp³-hybridized carbons (Fsp3) is 0.455. The number of ether oxygens (including phenoxy) is 2. The second kappa shape index (κ2) is 5.05. The molecular weight excluding hydrogens is 206 g/mol. The third-order valence-corrected chi connectivity index (χ3v) is 2.55. The summed E-state index contributed by atoms with van der Waals surface area (Å²) in [5.74, 6) is 0.769. The van der Waals surface area contributed by atoms with Crippen LogP contribution in [0.15, 0.2) is 18.2 Å². The number of hydrazine groups is 1. The lowest BCUT2D eigenvalue weighted by atomic mass is 10.2. The number of nitrogens with one attached hydrogen (secondary N) is 1. The second-order valence-electron chi connectivity index (χ2n) is 3.66. The van der Waals surface area contributed by atoms with E-state index >= 15 is 0 Å². The molecule has 0 amide bonds. The largest absolute Gasteiger partial charge is 0.497 e. The Kier molecular flexibility index (Phi) is 3.48. The highest BCUT2D eigenvalue weighted by molar-refractivity contribution is 5.67. The topological polar surface area (TPSA) is 59.8 Å². The fourth-order valence-corrected chi connectivity index (χ4v) is 1.62. The van der Waals surface area contributed by atoms with Crippen molar-refractivity contribution in [3.8, 4) is 5.75 Å². The minimum atomic E-state index is 0.686. The molecule has 3 N–H and O–H groups in total. The van der Waals surface area contributed by atoms with Gasteiger partial charge in [-0.05, 0) is 12.1 Å². The molecule has 1 aliphatic rings. The van der Waals surface area contributed by atoms with Crippen molar-refractivity contribution >= 4 is 11.4 Å². The number of morpholine rings is 1. The van der Waals surface area contributed by atoms with Crippen LogP contribution in [0.25, 0.3) is 0 Å². The van der Waals surface area contributed by atoms with Gasteiger partial charge in [-0.3, -0.25) is 0 Å². The van der Waals surface area contributed by atoms with Crippen molar-refractivity contribution in [2.24, 2.45) is 0 Å². The van der Waals surface area contributed by atoms with E-state index in [0.717, 1.165) is 37.7 Å². The van der Waals surface area contributed by atoms with E-state index in [4.69, 9.17) is 15.2 Å². The molecule has 0 saturated carbocycles. The third kappa shape index (κ3) is 2.56. The minimum absolute atomic E-state index is 0.686. The SMILES string of the molecule is COc1ccc(NN2CCOCC2)c(N)c1. The van der Waals surface area contributed by atoms with Crippen LogP contribution in [0.5, 0.6) is 5.75 Å². The monoisotopic (exact) mass is 223 g/mol. The maximum atomic E-state index is 5.91. The maximum absolute atomic E-state index is 5.91. The lowest BCUT2D eigenvalue weighted by molar-refractivity contribution is 0.0497. The maximum Gasteiger partial charge on any atom is 0.121 e. The number of nitrogen functional groups attached to an aromatic ring is 1. The van der Waals surface area contributed by atoms with Crippen molar-refractivity contribution in [2.45, 2.75) is 0 Å². The van der Waals surface area contributed by atoms with Crippen LogP contribution in [0.4, 0.5) is 11.4 Å². The molecule has 1 aromatic rings. The zero-order valence-corrected chi connectivity index (χ0v) is 9.40. The van der Waals surface area contributed by atoms with Gasteiger partial charge in [0.05, 0.1) is 31.7 Å². The Bertz CT molecular complexity index is 351. The first-order chi connectivity index (χ1) is 7.79. The number of hydrogen-bond acceptors (Lipinski definition) is 5. The Labute approximate surface area is 95.1 Å². The summed E-state index contributed by atoms with van der Waals surface area (Å²) in [7, 11) is 1.63. The van der Waals surface area contributed by atoms with Crippen LogP contribution in [-0.4, -0.2) is 38.4 Å². The van der Waals surface area contributed by atoms with Crippen molar-refractivity contribution < 1.29 is 9.47 Å². The van der Waals surface area contributed by atoms with E-state index in [1.165, 1.54) is 0 Å². The normalized spacial score (nSPS) is 17.1. The first-order valence-corrected chi connectivity index (χ1v) is 5.32. The van der Waals surface area contributed by atoms with Gasteiger partial charge >= 0.3 is 0 Å². The highest BCUT2D eigenvalue weighted by Gasteiger charge is 2.11. The van der Waals surface area contributed by atoms with Crippen molar-refractivity contribution in [3.05, 3.63) is 18.2 Å². The van der Waals surface area contributed by atoms with Gasteiger partial charge in [0.1, 0.15) is 5.75 Å². The summed E-state index contributed by atoms with van der Waals surface area (Å²) in [6, 6.07) is 5.62. The fourth-order valence-electron chi connectivity index (χ4n) is 1.62. The summed E-state index contributed by atoms with van der Waals surface area (Å²) >= 11 is 0. The Balaban J connectivity index is 2.03. The molecule has 0 atom stereocenters. The molecule has 1 fully saturated rings. The number of benzene rings is 1. The molecule has 1 heterocycles. The molecule has 0 aliphatic carbocycles. The summed E-state index contributed by atoms with van der Waals surface area (Å²) in [6.07, 6.45) is 0. The molecule has 0 aromatic heterocycles. The number of hydrogen-bond donors (Lipinski definition) is 2.